The van der Waals surface area contributed by atoms with E-state index in [0.29, 0.717) is 19.1 Å². The average Bonchev–Trinajstić information content (AvgIpc) is 2.38. The summed E-state index contributed by atoms with van der Waals surface area (Å²) in [6.07, 6.45) is 0.723. The Morgan fingerprint density at radius 3 is 2.19 bits per heavy atom. The Balaban J connectivity index is 5.04. The molecular formula is C14H26N2O5. The molecule has 0 aromatic heterocycles. The van der Waals surface area contributed by atoms with Crippen molar-refractivity contribution in [2.45, 2.75) is 65.7 Å². The predicted octanol–water partition coefficient (Wildman–Crippen LogP) is 1.57. The lowest BCUT2D eigenvalue weighted by Gasteiger charge is -2.27. The lowest BCUT2D eigenvalue weighted by atomic mass is 9.95. The maximum absolute atomic E-state index is 12.0. The molecule has 0 rings (SSSR count). The second-order valence-electron chi connectivity index (χ2n) is 6.02. The van der Waals surface area contributed by atoms with Gasteiger partial charge < -0.3 is 14.8 Å². The lowest BCUT2D eigenvalue weighted by molar-refractivity contribution is -0.485. The number of rotatable bonds is 9. The summed E-state index contributed by atoms with van der Waals surface area (Å²) in [5.74, 6) is -0.352. The number of nitro groups is 1. The van der Waals surface area contributed by atoms with Crippen molar-refractivity contribution in [2.24, 2.45) is 5.41 Å². The van der Waals surface area contributed by atoms with Crippen LogP contribution < -0.4 is 5.32 Å². The standard InChI is InChI=1S/C14H26N2O5/c1-6-10(7-2)21-12(9-17)11(8-16(19)20)15-13(18)14(3,4)5/h9-12H,6-8H2,1-5H3,(H,15,18)/t11-,12-/m0/s1. The van der Waals surface area contributed by atoms with Crippen molar-refractivity contribution in [1.82, 2.24) is 5.32 Å². The van der Waals surface area contributed by atoms with Gasteiger partial charge in [-0.05, 0) is 12.8 Å². The molecule has 122 valence electrons. The van der Waals surface area contributed by atoms with Gasteiger partial charge in [0, 0.05) is 10.3 Å². The van der Waals surface area contributed by atoms with Gasteiger partial charge in [-0.3, -0.25) is 14.9 Å². The minimum absolute atomic E-state index is 0.166. The molecule has 0 spiro atoms. The summed E-state index contributed by atoms with van der Waals surface area (Å²) in [7, 11) is 0. The number of carbonyl (C=O) groups is 2. The van der Waals surface area contributed by atoms with E-state index in [4.69, 9.17) is 4.74 Å². The quantitative estimate of drug-likeness (QED) is 0.396. The summed E-state index contributed by atoms with van der Waals surface area (Å²) in [4.78, 5) is 33.4. The second-order valence-corrected chi connectivity index (χ2v) is 6.02. The summed E-state index contributed by atoms with van der Waals surface area (Å²) in [6, 6.07) is -0.968. The van der Waals surface area contributed by atoms with Crippen LogP contribution in [0.3, 0.4) is 0 Å². The number of hydrogen-bond acceptors (Lipinski definition) is 5. The Kier molecular flexibility index (Phi) is 8.09. The predicted molar refractivity (Wildman–Crippen MR) is 78.6 cm³/mol. The van der Waals surface area contributed by atoms with Crippen LogP contribution >= 0.6 is 0 Å². The highest BCUT2D eigenvalue weighted by Crippen LogP contribution is 2.15. The van der Waals surface area contributed by atoms with Crippen LogP contribution in [0.2, 0.25) is 0 Å². The highest BCUT2D eigenvalue weighted by atomic mass is 16.6. The maximum atomic E-state index is 12.0. The van der Waals surface area contributed by atoms with Gasteiger partial charge in [-0.1, -0.05) is 34.6 Å². The molecule has 21 heavy (non-hydrogen) atoms. The molecule has 0 aromatic carbocycles. The van der Waals surface area contributed by atoms with Gasteiger partial charge in [0.15, 0.2) is 6.29 Å². The largest absolute Gasteiger partial charge is 0.365 e. The van der Waals surface area contributed by atoms with Crippen molar-refractivity contribution in [3.63, 3.8) is 0 Å². The Morgan fingerprint density at radius 2 is 1.86 bits per heavy atom. The zero-order valence-electron chi connectivity index (χ0n) is 13.4. The molecule has 7 heteroatoms. The molecule has 0 heterocycles. The highest BCUT2D eigenvalue weighted by molar-refractivity contribution is 5.82. The number of hydrogen-bond donors (Lipinski definition) is 1. The van der Waals surface area contributed by atoms with Gasteiger partial charge in [-0.2, -0.15) is 0 Å². The number of nitrogens with one attached hydrogen (secondary N) is 1. The first-order valence-electron chi connectivity index (χ1n) is 7.19. The first kappa shape index (κ1) is 19.5. The summed E-state index contributed by atoms with van der Waals surface area (Å²) < 4.78 is 5.59. The first-order valence-corrected chi connectivity index (χ1v) is 7.19. The number of amides is 1. The minimum atomic E-state index is -1.02. The number of aldehydes is 1. The summed E-state index contributed by atoms with van der Waals surface area (Å²) in [5.41, 5.74) is -0.697. The van der Waals surface area contributed by atoms with E-state index in [0.717, 1.165) is 0 Å². The fourth-order valence-electron chi connectivity index (χ4n) is 1.70. The van der Waals surface area contributed by atoms with Gasteiger partial charge in [0.05, 0.1) is 6.10 Å². The molecule has 0 aliphatic rings. The van der Waals surface area contributed by atoms with Gasteiger partial charge in [-0.25, -0.2) is 0 Å². The average molecular weight is 302 g/mol. The van der Waals surface area contributed by atoms with Crippen LogP contribution in [0.1, 0.15) is 47.5 Å². The normalized spacial score (nSPS) is 14.6. The van der Waals surface area contributed by atoms with Crippen LogP contribution in [0.25, 0.3) is 0 Å². The summed E-state index contributed by atoms with van der Waals surface area (Å²) in [5, 5.41) is 13.3. The Labute approximate surface area is 125 Å². The van der Waals surface area contributed by atoms with E-state index in [9.17, 15) is 19.7 Å². The third-order valence-corrected chi connectivity index (χ3v) is 3.13. The fourth-order valence-corrected chi connectivity index (χ4v) is 1.70. The molecule has 0 bridgehead atoms. The van der Waals surface area contributed by atoms with Crippen molar-refractivity contribution < 1.29 is 19.2 Å². The SMILES string of the molecule is CCC(CC)O[C@@H](C=O)[C@H](C[N+](=O)[O-])NC(=O)C(C)(C)C. The van der Waals surface area contributed by atoms with Gasteiger partial charge in [0.2, 0.25) is 12.5 Å². The highest BCUT2D eigenvalue weighted by Gasteiger charge is 2.33. The van der Waals surface area contributed by atoms with Crippen LogP contribution in [0.4, 0.5) is 0 Å². The van der Waals surface area contributed by atoms with E-state index >= 15 is 0 Å². The third-order valence-electron chi connectivity index (χ3n) is 3.13. The number of carbonyl (C=O) groups excluding carboxylic acids is 2. The summed E-state index contributed by atoms with van der Waals surface area (Å²) in [6.45, 7) is 8.36. The van der Waals surface area contributed by atoms with Gasteiger partial charge in [-0.15, -0.1) is 0 Å². The van der Waals surface area contributed by atoms with Crippen molar-refractivity contribution >= 4 is 12.2 Å². The van der Waals surface area contributed by atoms with Crippen LogP contribution in [0, 0.1) is 15.5 Å². The first-order chi connectivity index (χ1) is 9.65. The van der Waals surface area contributed by atoms with Crippen LogP contribution in [0.5, 0.6) is 0 Å². The maximum Gasteiger partial charge on any atom is 0.226 e. The molecule has 0 unspecified atom stereocenters. The molecule has 0 saturated heterocycles. The number of ether oxygens (including phenoxy) is 1. The van der Waals surface area contributed by atoms with Crippen molar-refractivity contribution in [3.05, 3.63) is 10.1 Å². The molecule has 1 amide bonds. The molecule has 0 aliphatic carbocycles. The molecule has 0 aromatic rings. The number of nitrogens with zero attached hydrogens (tertiary/aromatic N) is 1. The second kappa shape index (κ2) is 8.71. The fraction of sp³-hybridized carbons (Fsp3) is 0.857. The van der Waals surface area contributed by atoms with Crippen LogP contribution in [-0.2, 0) is 14.3 Å². The molecule has 0 radical (unpaired) electrons. The zero-order valence-corrected chi connectivity index (χ0v) is 13.4. The Hall–Kier alpha value is -1.50. The van der Waals surface area contributed by atoms with Gasteiger partial charge >= 0.3 is 0 Å². The molecule has 2 atom stereocenters. The third kappa shape index (κ3) is 7.17. The zero-order chi connectivity index (χ0) is 16.6. The van der Waals surface area contributed by atoms with E-state index in [-0.39, 0.29) is 12.0 Å². The van der Waals surface area contributed by atoms with E-state index < -0.39 is 29.0 Å². The monoisotopic (exact) mass is 302 g/mol. The van der Waals surface area contributed by atoms with Crippen LogP contribution in [-0.4, -0.2) is 41.9 Å². The molecule has 0 fully saturated rings. The van der Waals surface area contributed by atoms with E-state index in [1.807, 2.05) is 13.8 Å². The Morgan fingerprint density at radius 1 is 1.33 bits per heavy atom. The molecular weight excluding hydrogens is 276 g/mol. The Bertz CT molecular complexity index is 361. The summed E-state index contributed by atoms with van der Waals surface area (Å²) >= 11 is 0. The van der Waals surface area contributed by atoms with Gasteiger partial charge in [0.1, 0.15) is 12.1 Å². The molecule has 0 saturated carbocycles. The topological polar surface area (TPSA) is 98.5 Å². The van der Waals surface area contributed by atoms with E-state index in [1.165, 1.54) is 0 Å². The van der Waals surface area contributed by atoms with Gasteiger partial charge in [0.25, 0.3) is 0 Å². The van der Waals surface area contributed by atoms with Crippen LogP contribution in [0.15, 0.2) is 0 Å². The smallest absolute Gasteiger partial charge is 0.226 e. The van der Waals surface area contributed by atoms with E-state index in [1.54, 1.807) is 20.8 Å². The van der Waals surface area contributed by atoms with Crippen molar-refractivity contribution in [3.8, 4) is 0 Å². The molecule has 0 aliphatic heterocycles. The van der Waals surface area contributed by atoms with Crippen molar-refractivity contribution in [1.29, 1.82) is 0 Å². The minimum Gasteiger partial charge on any atom is -0.365 e. The van der Waals surface area contributed by atoms with Crippen molar-refractivity contribution in [2.75, 3.05) is 6.54 Å². The molecule has 7 nitrogen and oxygen atoms in total. The molecule has 1 N–H and O–H groups in total. The lowest BCUT2D eigenvalue weighted by Crippen LogP contribution is -2.53. The van der Waals surface area contributed by atoms with E-state index in [2.05, 4.69) is 5.32 Å².